The average Bonchev–Trinajstić information content (AvgIpc) is 2.99. The maximum absolute atomic E-state index is 11.7. The van der Waals surface area contributed by atoms with Crippen molar-refractivity contribution in [2.24, 2.45) is 0 Å². The van der Waals surface area contributed by atoms with E-state index in [0.29, 0.717) is 6.54 Å². The van der Waals surface area contributed by atoms with Gasteiger partial charge in [-0.05, 0) is 12.1 Å². The van der Waals surface area contributed by atoms with Crippen LogP contribution in [0.3, 0.4) is 0 Å². The van der Waals surface area contributed by atoms with Crippen molar-refractivity contribution in [3.05, 3.63) is 48.5 Å². The lowest BCUT2D eigenvalue weighted by atomic mass is 10.1. The smallest absolute Gasteiger partial charge is 0.347 e. The molecule has 0 fully saturated rings. The van der Waals surface area contributed by atoms with Gasteiger partial charge in [0.15, 0.2) is 6.54 Å². The number of esters is 1. The van der Waals surface area contributed by atoms with Gasteiger partial charge < -0.3 is 21.7 Å². The first-order valence-electron chi connectivity index (χ1n) is 7.44. The monoisotopic (exact) mass is 372 g/mol. The highest BCUT2D eigenvalue weighted by Crippen LogP contribution is 2.31. The summed E-state index contributed by atoms with van der Waals surface area (Å²) in [7, 11) is 1.44. The quantitative estimate of drug-likeness (QED) is 0.338. The first-order valence-corrected chi connectivity index (χ1v) is 7.44. The molecule has 118 valence electrons. The summed E-state index contributed by atoms with van der Waals surface area (Å²) in [5, 5.41) is 3.66. The second-order valence-corrected chi connectivity index (χ2v) is 5.54. The third kappa shape index (κ3) is 2.45. The van der Waals surface area contributed by atoms with E-state index < -0.39 is 0 Å². The van der Waals surface area contributed by atoms with Crippen LogP contribution in [0.4, 0.5) is 5.82 Å². The lowest BCUT2D eigenvalue weighted by Gasteiger charge is -2.12. The van der Waals surface area contributed by atoms with Gasteiger partial charge in [0.05, 0.1) is 12.5 Å². The van der Waals surface area contributed by atoms with E-state index in [4.69, 9.17) is 4.74 Å². The number of pyridine rings is 1. The van der Waals surface area contributed by atoms with Crippen LogP contribution in [0.1, 0.15) is 0 Å². The molecule has 0 aliphatic carbocycles. The molecule has 0 saturated heterocycles. The lowest BCUT2D eigenvalue weighted by Crippen LogP contribution is -3.00. The van der Waals surface area contributed by atoms with Crippen molar-refractivity contribution in [1.82, 2.24) is 0 Å². The van der Waals surface area contributed by atoms with E-state index in [1.54, 1.807) is 0 Å². The van der Waals surface area contributed by atoms with Gasteiger partial charge >= 0.3 is 5.97 Å². The van der Waals surface area contributed by atoms with Gasteiger partial charge in [-0.1, -0.05) is 36.4 Å². The van der Waals surface area contributed by atoms with Gasteiger partial charge in [-0.25, -0.2) is 14.3 Å². The van der Waals surface area contributed by atoms with Crippen LogP contribution in [0.2, 0.25) is 0 Å². The molecule has 5 heteroatoms. The molecule has 1 aliphatic rings. The molecule has 3 aromatic rings. The van der Waals surface area contributed by atoms with E-state index in [9.17, 15) is 4.79 Å². The molecule has 4 nitrogen and oxygen atoms in total. The Hall–Kier alpha value is -2.14. The molecule has 1 aromatic heterocycles. The topological polar surface area (TPSA) is 33.4 Å². The molecule has 2 aromatic carbocycles. The number of hydrogen-bond donors (Lipinski definition) is 0. The van der Waals surface area contributed by atoms with Gasteiger partial charge in [-0.3, -0.25) is 0 Å². The molecule has 0 radical (unpaired) electrons. The molecular formula is C18H17BrN2O2. The number of methoxy groups -OCH3 is 1. The van der Waals surface area contributed by atoms with Gasteiger partial charge in [-0.2, -0.15) is 0 Å². The van der Waals surface area contributed by atoms with Crippen LogP contribution < -0.4 is 26.4 Å². The van der Waals surface area contributed by atoms with Crippen molar-refractivity contribution in [3.8, 4) is 0 Å². The maximum Gasteiger partial charge on any atom is 0.347 e. The summed E-state index contributed by atoms with van der Waals surface area (Å²) in [6.45, 7) is 2.00. The van der Waals surface area contributed by atoms with Crippen molar-refractivity contribution >= 4 is 33.5 Å². The number of nitrogens with zero attached hydrogens (tertiary/aromatic N) is 2. The lowest BCUT2D eigenvalue weighted by molar-refractivity contribution is -0.643. The van der Waals surface area contributed by atoms with Crippen LogP contribution in [0.5, 0.6) is 0 Å². The number of ether oxygens (including phenoxy) is 1. The maximum atomic E-state index is 11.7. The fraction of sp³-hybridized carbons (Fsp3) is 0.222. The molecule has 0 N–H and O–H groups in total. The second kappa shape index (κ2) is 6.16. The summed E-state index contributed by atoms with van der Waals surface area (Å²) in [6.07, 6.45) is 0. The summed E-state index contributed by atoms with van der Waals surface area (Å²) < 4.78 is 7.14. The summed E-state index contributed by atoms with van der Waals surface area (Å²) in [6, 6.07) is 16.8. The summed E-state index contributed by atoms with van der Waals surface area (Å²) >= 11 is 0. The average molecular weight is 373 g/mol. The van der Waals surface area contributed by atoms with Crippen molar-refractivity contribution in [1.29, 1.82) is 0 Å². The Morgan fingerprint density at radius 3 is 2.48 bits per heavy atom. The Bertz CT molecular complexity index is 895. The largest absolute Gasteiger partial charge is 1.00 e. The van der Waals surface area contributed by atoms with E-state index in [1.165, 1.54) is 28.8 Å². The van der Waals surface area contributed by atoms with Crippen LogP contribution >= 0.6 is 0 Å². The highest BCUT2D eigenvalue weighted by molar-refractivity contribution is 6.08. The van der Waals surface area contributed by atoms with E-state index in [2.05, 4.69) is 51.9 Å². The Kier molecular flexibility index (Phi) is 4.22. The molecule has 0 spiro atoms. The van der Waals surface area contributed by atoms with Gasteiger partial charge in [0, 0.05) is 10.8 Å². The number of carbonyl (C=O) groups excluding carboxylic acids is 1. The molecule has 0 atom stereocenters. The van der Waals surface area contributed by atoms with E-state index in [1.807, 2.05) is 6.07 Å². The molecule has 0 amide bonds. The zero-order valence-corrected chi connectivity index (χ0v) is 14.4. The third-order valence-corrected chi connectivity index (χ3v) is 4.35. The van der Waals surface area contributed by atoms with E-state index in [-0.39, 0.29) is 23.0 Å². The molecule has 0 saturated carbocycles. The highest BCUT2D eigenvalue weighted by Gasteiger charge is 2.33. The molecule has 1 aliphatic heterocycles. The number of halogens is 1. The van der Waals surface area contributed by atoms with Crippen LogP contribution in [0.25, 0.3) is 21.7 Å². The van der Waals surface area contributed by atoms with E-state index >= 15 is 0 Å². The number of fused-ring (bicyclic) bond motifs is 6. The SMILES string of the molecule is COC(=O)CN1CC[n+]2c1c1ccccc1c1ccccc12.[Br-]. The van der Waals surface area contributed by atoms with Gasteiger partial charge in [0.1, 0.15) is 18.6 Å². The Morgan fingerprint density at radius 1 is 1.09 bits per heavy atom. The minimum atomic E-state index is -0.203. The minimum Gasteiger partial charge on any atom is -1.00 e. The molecule has 0 bridgehead atoms. The Balaban J connectivity index is 0.00000156. The standard InChI is InChI=1S/C18H17N2O2.BrH/c1-22-17(21)12-19-10-11-20-16-9-5-4-7-14(16)13-6-2-3-8-15(13)18(19)20;/h2-9H,10-12H2,1H3;1H/q+1;/p-1. The zero-order chi connectivity index (χ0) is 15.1. The fourth-order valence-corrected chi connectivity index (χ4v) is 3.38. The van der Waals surface area contributed by atoms with Crippen molar-refractivity contribution in [2.75, 3.05) is 25.1 Å². The third-order valence-electron chi connectivity index (χ3n) is 4.35. The van der Waals surface area contributed by atoms with Crippen molar-refractivity contribution < 1.29 is 31.1 Å². The number of carbonyl (C=O) groups is 1. The molecule has 0 unspecified atom stereocenters. The van der Waals surface area contributed by atoms with Crippen LogP contribution in [-0.2, 0) is 16.1 Å². The number of benzene rings is 2. The molecule has 23 heavy (non-hydrogen) atoms. The number of aromatic nitrogens is 1. The minimum absolute atomic E-state index is 0. The Labute approximate surface area is 145 Å². The normalized spacial score (nSPS) is 13.0. The van der Waals surface area contributed by atoms with Crippen molar-refractivity contribution in [2.45, 2.75) is 6.54 Å². The van der Waals surface area contributed by atoms with Crippen LogP contribution in [-0.4, -0.2) is 26.2 Å². The summed E-state index contributed by atoms with van der Waals surface area (Å²) in [4.78, 5) is 13.8. The van der Waals surface area contributed by atoms with Crippen molar-refractivity contribution in [3.63, 3.8) is 0 Å². The highest BCUT2D eigenvalue weighted by atomic mass is 79.9. The molecular weight excluding hydrogens is 356 g/mol. The number of hydrogen-bond acceptors (Lipinski definition) is 3. The Morgan fingerprint density at radius 2 is 1.74 bits per heavy atom. The predicted molar refractivity (Wildman–Crippen MR) is 85.9 cm³/mol. The molecule has 4 rings (SSSR count). The summed E-state index contributed by atoms with van der Waals surface area (Å²) in [5.74, 6) is 0.908. The number of anilines is 1. The number of para-hydroxylation sites is 1. The van der Waals surface area contributed by atoms with Gasteiger partial charge in [-0.15, -0.1) is 0 Å². The zero-order valence-electron chi connectivity index (χ0n) is 12.8. The predicted octanol–water partition coefficient (Wildman–Crippen LogP) is -0.722. The van der Waals surface area contributed by atoms with Gasteiger partial charge in [0.25, 0.3) is 5.82 Å². The van der Waals surface area contributed by atoms with Gasteiger partial charge in [0.2, 0.25) is 0 Å². The molecule has 2 heterocycles. The summed E-state index contributed by atoms with van der Waals surface area (Å²) in [5.41, 5.74) is 1.21. The number of rotatable bonds is 2. The first-order chi connectivity index (χ1) is 10.8. The first kappa shape index (κ1) is 15.7. The van der Waals surface area contributed by atoms with Crippen LogP contribution in [0, 0.1) is 0 Å². The fourth-order valence-electron chi connectivity index (χ4n) is 3.38. The van der Waals surface area contributed by atoms with Crippen LogP contribution in [0.15, 0.2) is 48.5 Å². The second-order valence-electron chi connectivity index (χ2n) is 5.54. The van der Waals surface area contributed by atoms with E-state index in [0.717, 1.165) is 18.9 Å².